The summed E-state index contributed by atoms with van der Waals surface area (Å²) in [6.45, 7) is 0.714. The van der Waals surface area contributed by atoms with E-state index in [-0.39, 0.29) is 29.3 Å². The minimum atomic E-state index is -0.406. The van der Waals surface area contributed by atoms with E-state index in [9.17, 15) is 14.0 Å². The highest BCUT2D eigenvalue weighted by Gasteiger charge is 2.40. The number of piperidine rings is 1. The Hall–Kier alpha value is -1.62. The Labute approximate surface area is 140 Å². The van der Waals surface area contributed by atoms with Gasteiger partial charge in [-0.2, -0.15) is 0 Å². The van der Waals surface area contributed by atoms with Crippen LogP contribution in [0.4, 0.5) is 4.39 Å². The number of fused-ring (bicyclic) bond motifs is 1. The first-order valence-electron chi connectivity index (χ1n) is 7.90. The van der Waals surface area contributed by atoms with Gasteiger partial charge in [-0.15, -0.1) is 0 Å². The molecule has 1 aliphatic heterocycles. The maximum absolute atomic E-state index is 13.1. The Morgan fingerprint density at radius 2 is 2.13 bits per heavy atom. The van der Waals surface area contributed by atoms with E-state index in [0.29, 0.717) is 30.4 Å². The number of nitrogens with zero attached hydrogens (tertiary/aromatic N) is 1. The average Bonchev–Trinajstić information content (AvgIpc) is 2.92. The van der Waals surface area contributed by atoms with Crippen molar-refractivity contribution in [3.8, 4) is 0 Å². The number of carbonyl (C=O) groups excluding carboxylic acids is 2. The summed E-state index contributed by atoms with van der Waals surface area (Å²) in [6.07, 6.45) is 2.52. The Morgan fingerprint density at radius 3 is 2.87 bits per heavy atom. The quantitative estimate of drug-likeness (QED) is 0.920. The number of benzene rings is 1. The molecule has 124 valence electrons. The van der Waals surface area contributed by atoms with Crippen molar-refractivity contribution in [2.24, 2.45) is 11.8 Å². The second kappa shape index (κ2) is 6.48. The molecule has 0 radical (unpaired) electrons. The van der Waals surface area contributed by atoms with Crippen molar-refractivity contribution in [2.45, 2.75) is 31.7 Å². The van der Waals surface area contributed by atoms with Crippen LogP contribution in [-0.4, -0.2) is 36.3 Å². The molecule has 2 amide bonds. The number of likely N-dealkylation sites (N-methyl/N-ethyl adjacent to an activating group) is 1. The van der Waals surface area contributed by atoms with Gasteiger partial charge in [0.15, 0.2) is 0 Å². The maximum atomic E-state index is 13.1. The minimum Gasteiger partial charge on any atom is -0.356 e. The number of rotatable bonds is 3. The molecule has 0 aromatic heterocycles. The van der Waals surface area contributed by atoms with Crippen molar-refractivity contribution in [2.75, 3.05) is 13.6 Å². The van der Waals surface area contributed by atoms with Crippen molar-refractivity contribution >= 4 is 23.4 Å². The molecule has 0 unspecified atom stereocenters. The zero-order valence-corrected chi connectivity index (χ0v) is 13.8. The Morgan fingerprint density at radius 1 is 1.39 bits per heavy atom. The predicted molar refractivity (Wildman–Crippen MR) is 85.5 cm³/mol. The van der Waals surface area contributed by atoms with Crippen LogP contribution in [-0.2, 0) is 16.0 Å². The van der Waals surface area contributed by atoms with Gasteiger partial charge < -0.3 is 10.2 Å². The van der Waals surface area contributed by atoms with Crippen molar-refractivity contribution in [3.05, 3.63) is 34.6 Å². The highest BCUT2D eigenvalue weighted by Crippen LogP contribution is 2.38. The molecule has 3 rings (SSSR count). The lowest BCUT2D eigenvalue weighted by atomic mass is 9.89. The summed E-state index contributed by atoms with van der Waals surface area (Å²) in [5, 5.41) is 3.18. The molecular weight excluding hydrogens is 319 g/mol. The van der Waals surface area contributed by atoms with E-state index in [4.69, 9.17) is 11.6 Å². The van der Waals surface area contributed by atoms with Crippen molar-refractivity contribution in [1.29, 1.82) is 0 Å². The van der Waals surface area contributed by atoms with Crippen LogP contribution in [0.5, 0.6) is 0 Å². The molecule has 1 saturated carbocycles. The van der Waals surface area contributed by atoms with Gasteiger partial charge in [0.2, 0.25) is 11.8 Å². The van der Waals surface area contributed by atoms with E-state index in [1.807, 2.05) is 0 Å². The molecule has 0 spiro atoms. The van der Waals surface area contributed by atoms with E-state index < -0.39 is 5.82 Å². The highest BCUT2D eigenvalue weighted by molar-refractivity contribution is 6.31. The summed E-state index contributed by atoms with van der Waals surface area (Å²) in [7, 11) is 1.80. The number of hydrogen-bond donors (Lipinski definition) is 1. The fourth-order valence-corrected chi connectivity index (χ4v) is 3.94. The molecule has 2 aliphatic rings. The SMILES string of the molecule is CN(C(=O)Cc1ccc(F)cc1Cl)[C@H]1C[C@H]2CNC(=O)C[C@H]2C1. The smallest absolute Gasteiger partial charge is 0.227 e. The van der Waals surface area contributed by atoms with Crippen LogP contribution in [0.2, 0.25) is 5.02 Å². The molecule has 6 heteroatoms. The summed E-state index contributed by atoms with van der Waals surface area (Å²) in [5.41, 5.74) is 0.636. The van der Waals surface area contributed by atoms with Crippen LogP contribution >= 0.6 is 11.6 Å². The molecule has 0 bridgehead atoms. The first kappa shape index (κ1) is 16.2. The zero-order valence-electron chi connectivity index (χ0n) is 13.0. The lowest BCUT2D eigenvalue weighted by molar-refractivity contribution is -0.131. The van der Waals surface area contributed by atoms with Gasteiger partial charge in [-0.3, -0.25) is 9.59 Å². The fraction of sp³-hybridized carbons (Fsp3) is 0.529. The third kappa shape index (κ3) is 3.50. The molecule has 1 N–H and O–H groups in total. The lowest BCUT2D eigenvalue weighted by Crippen LogP contribution is -2.38. The van der Waals surface area contributed by atoms with Gasteiger partial charge in [-0.25, -0.2) is 4.39 Å². The minimum absolute atomic E-state index is 0.0264. The Bertz CT molecular complexity index is 637. The zero-order chi connectivity index (χ0) is 16.6. The number of nitrogens with one attached hydrogen (secondary N) is 1. The summed E-state index contributed by atoms with van der Waals surface area (Å²) in [4.78, 5) is 25.7. The number of carbonyl (C=O) groups is 2. The topological polar surface area (TPSA) is 49.4 Å². The Kier molecular flexibility index (Phi) is 4.57. The molecule has 1 aromatic carbocycles. The number of hydrogen-bond acceptors (Lipinski definition) is 2. The van der Waals surface area contributed by atoms with Gasteiger partial charge in [0.25, 0.3) is 0 Å². The molecule has 23 heavy (non-hydrogen) atoms. The Balaban J connectivity index is 1.62. The van der Waals surface area contributed by atoms with Crippen LogP contribution in [0.25, 0.3) is 0 Å². The predicted octanol–water partition coefficient (Wildman–Crippen LogP) is 2.39. The molecule has 1 saturated heterocycles. The number of amides is 2. The maximum Gasteiger partial charge on any atom is 0.227 e. The van der Waals surface area contributed by atoms with E-state index in [0.717, 1.165) is 12.8 Å². The van der Waals surface area contributed by atoms with E-state index in [2.05, 4.69) is 5.32 Å². The normalized spacial score (nSPS) is 26.6. The van der Waals surface area contributed by atoms with Crippen molar-refractivity contribution < 1.29 is 14.0 Å². The van der Waals surface area contributed by atoms with Gasteiger partial charge in [0, 0.05) is 31.1 Å². The summed E-state index contributed by atoms with van der Waals surface area (Å²) >= 11 is 6.00. The fourth-order valence-electron chi connectivity index (χ4n) is 3.71. The van der Waals surface area contributed by atoms with Gasteiger partial charge in [0.1, 0.15) is 5.82 Å². The molecular formula is C17H20ClFN2O2. The van der Waals surface area contributed by atoms with E-state index in [1.54, 1.807) is 18.0 Å². The molecule has 1 heterocycles. The standard InChI is InChI=1S/C17H20ClFN2O2/c1-21(14-4-11-6-16(22)20-9-12(11)5-14)17(23)7-10-2-3-13(19)8-15(10)18/h2-3,8,11-12,14H,4-7,9H2,1H3,(H,20,22)/t11-,12+,14-/m1/s1. The van der Waals surface area contributed by atoms with Gasteiger partial charge in [-0.05, 0) is 42.4 Å². The average molecular weight is 339 g/mol. The third-order valence-corrected chi connectivity index (χ3v) is 5.48. The molecule has 1 aromatic rings. The second-order valence-electron chi connectivity index (χ2n) is 6.57. The molecule has 1 aliphatic carbocycles. The van der Waals surface area contributed by atoms with Crippen LogP contribution in [0.3, 0.4) is 0 Å². The van der Waals surface area contributed by atoms with Crippen LogP contribution in [0.15, 0.2) is 18.2 Å². The largest absolute Gasteiger partial charge is 0.356 e. The summed E-state index contributed by atoms with van der Waals surface area (Å²) < 4.78 is 13.1. The molecule has 2 fully saturated rings. The summed E-state index contributed by atoms with van der Waals surface area (Å²) in [6, 6.07) is 4.26. The van der Waals surface area contributed by atoms with Gasteiger partial charge in [-0.1, -0.05) is 17.7 Å². The number of halogens is 2. The second-order valence-corrected chi connectivity index (χ2v) is 6.98. The van der Waals surface area contributed by atoms with Gasteiger partial charge in [0.05, 0.1) is 6.42 Å². The lowest BCUT2D eigenvalue weighted by Gasteiger charge is -2.25. The monoisotopic (exact) mass is 338 g/mol. The van der Waals surface area contributed by atoms with E-state index >= 15 is 0 Å². The first-order chi connectivity index (χ1) is 10.9. The third-order valence-electron chi connectivity index (χ3n) is 5.12. The van der Waals surface area contributed by atoms with Crippen LogP contribution in [0.1, 0.15) is 24.8 Å². The van der Waals surface area contributed by atoms with Crippen molar-refractivity contribution in [1.82, 2.24) is 10.2 Å². The molecule has 4 nitrogen and oxygen atoms in total. The van der Waals surface area contributed by atoms with Gasteiger partial charge >= 0.3 is 0 Å². The van der Waals surface area contributed by atoms with Crippen LogP contribution in [0, 0.1) is 17.7 Å². The summed E-state index contributed by atoms with van der Waals surface area (Å²) in [5.74, 6) is 0.512. The highest BCUT2D eigenvalue weighted by atomic mass is 35.5. The molecule has 3 atom stereocenters. The first-order valence-corrected chi connectivity index (χ1v) is 8.28. The van der Waals surface area contributed by atoms with Crippen LogP contribution < -0.4 is 5.32 Å². The van der Waals surface area contributed by atoms with Crippen molar-refractivity contribution in [3.63, 3.8) is 0 Å². The van der Waals surface area contributed by atoms with E-state index in [1.165, 1.54) is 12.1 Å².